The highest BCUT2D eigenvalue weighted by Gasteiger charge is 2.31. The van der Waals surface area contributed by atoms with Gasteiger partial charge in [-0.2, -0.15) is 0 Å². The summed E-state index contributed by atoms with van der Waals surface area (Å²) in [5.74, 6) is -0.687. The van der Waals surface area contributed by atoms with E-state index in [-0.39, 0.29) is 28.7 Å². The summed E-state index contributed by atoms with van der Waals surface area (Å²) in [6.45, 7) is 2.51. The molecule has 3 aromatic rings. The van der Waals surface area contributed by atoms with Gasteiger partial charge in [0.2, 0.25) is 0 Å². The molecule has 1 saturated heterocycles. The molecule has 1 fully saturated rings. The summed E-state index contributed by atoms with van der Waals surface area (Å²) < 4.78 is 0. The molecule has 0 aliphatic carbocycles. The molecule has 0 bridgehead atoms. The van der Waals surface area contributed by atoms with Crippen molar-refractivity contribution in [3.05, 3.63) is 73.7 Å². The van der Waals surface area contributed by atoms with Crippen LogP contribution in [-0.4, -0.2) is 46.0 Å². The number of aromatic nitrogens is 1. The molecule has 1 aliphatic rings. The quantitative estimate of drug-likeness (QED) is 0.496. The second kappa shape index (κ2) is 9.37. The van der Waals surface area contributed by atoms with Crippen LogP contribution in [0.15, 0.2) is 42.5 Å². The predicted molar refractivity (Wildman–Crippen MR) is 128 cm³/mol. The summed E-state index contributed by atoms with van der Waals surface area (Å²) in [6.07, 6.45) is 0.00299. The molecule has 0 spiro atoms. The average molecular weight is 511 g/mol. The lowest BCUT2D eigenvalue weighted by Gasteiger charge is -2.21. The molecule has 1 aromatic heterocycles. The summed E-state index contributed by atoms with van der Waals surface area (Å²) in [7, 11) is 0. The number of aliphatic hydroxyl groups is 1. The van der Waals surface area contributed by atoms with E-state index in [0.717, 1.165) is 0 Å². The maximum atomic E-state index is 13.6. The molecule has 2 aromatic carbocycles. The molecule has 6 nitrogen and oxygen atoms in total. The summed E-state index contributed by atoms with van der Waals surface area (Å²) in [6, 6.07) is 11.3. The van der Waals surface area contributed by atoms with Crippen molar-refractivity contribution in [1.29, 1.82) is 0 Å². The van der Waals surface area contributed by atoms with Gasteiger partial charge in [0.05, 0.1) is 22.4 Å². The number of aryl methyl sites for hydroxylation is 1. The number of benzene rings is 2. The highest BCUT2D eigenvalue weighted by molar-refractivity contribution is 7.16. The zero-order chi connectivity index (χ0) is 23.0. The summed E-state index contributed by atoms with van der Waals surface area (Å²) in [4.78, 5) is 34.7. The van der Waals surface area contributed by atoms with Crippen LogP contribution in [-0.2, 0) is 0 Å². The van der Waals surface area contributed by atoms with Gasteiger partial charge in [0.1, 0.15) is 5.69 Å². The summed E-state index contributed by atoms with van der Waals surface area (Å²) in [5, 5.41) is 11.2. The average Bonchev–Trinajstić information content (AvgIpc) is 3.35. The maximum absolute atomic E-state index is 13.6. The zero-order valence-corrected chi connectivity index (χ0v) is 20.0. The van der Waals surface area contributed by atoms with Crippen LogP contribution in [0.3, 0.4) is 0 Å². The van der Waals surface area contributed by atoms with Crippen LogP contribution in [0.5, 0.6) is 0 Å². The Kier molecular flexibility index (Phi) is 6.74. The number of carbonyl (C=O) groups excluding carboxylic acids is 2. The molecule has 1 atom stereocenters. The minimum atomic E-state index is -0.531. The smallest absolute Gasteiger partial charge is 0.273 e. The number of halogens is 3. The van der Waals surface area contributed by atoms with Crippen LogP contribution in [0.25, 0.3) is 0 Å². The van der Waals surface area contributed by atoms with Crippen molar-refractivity contribution in [2.75, 3.05) is 18.0 Å². The zero-order valence-electron chi connectivity index (χ0n) is 16.9. The van der Waals surface area contributed by atoms with Gasteiger partial charge in [0.15, 0.2) is 5.13 Å². The van der Waals surface area contributed by atoms with E-state index in [1.165, 1.54) is 22.3 Å². The van der Waals surface area contributed by atoms with E-state index in [1.807, 2.05) is 0 Å². The molecule has 1 unspecified atom stereocenters. The predicted octanol–water partition coefficient (Wildman–Crippen LogP) is 5.60. The second-order valence-corrected chi connectivity index (χ2v) is 9.80. The van der Waals surface area contributed by atoms with E-state index >= 15 is 0 Å². The monoisotopic (exact) mass is 509 g/mol. The van der Waals surface area contributed by atoms with Crippen molar-refractivity contribution in [2.45, 2.75) is 19.4 Å². The number of amides is 2. The highest BCUT2D eigenvalue weighted by Crippen LogP contribution is 2.35. The largest absolute Gasteiger partial charge is 0.391 e. The van der Waals surface area contributed by atoms with E-state index < -0.39 is 12.0 Å². The fraction of sp³-hybridized carbons (Fsp3) is 0.227. The van der Waals surface area contributed by atoms with Crippen molar-refractivity contribution in [3.63, 3.8) is 0 Å². The Morgan fingerprint density at radius 2 is 1.81 bits per heavy atom. The third kappa shape index (κ3) is 4.63. The van der Waals surface area contributed by atoms with Gasteiger partial charge in [-0.05, 0) is 55.8 Å². The van der Waals surface area contributed by atoms with Gasteiger partial charge < -0.3 is 10.0 Å². The number of hydrogen-bond acceptors (Lipinski definition) is 5. The van der Waals surface area contributed by atoms with Gasteiger partial charge in [-0.25, -0.2) is 4.98 Å². The molecule has 166 valence electrons. The van der Waals surface area contributed by atoms with Crippen LogP contribution in [0.4, 0.5) is 10.8 Å². The van der Waals surface area contributed by atoms with Gasteiger partial charge in [0, 0.05) is 28.0 Å². The molecule has 1 aliphatic heterocycles. The molecule has 4 rings (SSSR count). The first-order valence-corrected chi connectivity index (χ1v) is 11.7. The summed E-state index contributed by atoms with van der Waals surface area (Å²) >= 11 is 19.5. The minimum absolute atomic E-state index is 0.206. The van der Waals surface area contributed by atoms with E-state index in [0.29, 0.717) is 38.7 Å². The lowest BCUT2D eigenvalue weighted by Crippen LogP contribution is -2.30. The second-order valence-electron chi connectivity index (χ2n) is 7.34. The van der Waals surface area contributed by atoms with Gasteiger partial charge in [-0.15, -0.1) is 11.3 Å². The number of rotatable bonds is 4. The van der Waals surface area contributed by atoms with Gasteiger partial charge in [0.25, 0.3) is 11.8 Å². The Balaban J connectivity index is 1.76. The van der Waals surface area contributed by atoms with Crippen LogP contribution >= 0.6 is 46.1 Å². The number of carbonyl (C=O) groups is 2. The molecular weight excluding hydrogens is 493 g/mol. The fourth-order valence-electron chi connectivity index (χ4n) is 3.44. The highest BCUT2D eigenvalue weighted by atomic mass is 35.5. The molecule has 32 heavy (non-hydrogen) atoms. The number of β-amino-alcohol motifs (C(OH)–C–C–N with tert-alkyl or cyclic N) is 1. The van der Waals surface area contributed by atoms with E-state index in [2.05, 4.69) is 4.98 Å². The first-order valence-electron chi connectivity index (χ1n) is 9.74. The standard InChI is InChI=1S/C22H18Cl3N3O3S/c1-12-19(21(31)27-9-8-16(29)11-27)26-22(32-12)28(15-5-2-13(23)3-6-15)20(30)17-7-4-14(24)10-18(17)25/h2-7,10,16,29H,8-9,11H2,1H3. The van der Waals surface area contributed by atoms with Crippen LogP contribution < -0.4 is 4.90 Å². The third-order valence-corrected chi connectivity index (χ3v) is 6.83. The minimum Gasteiger partial charge on any atom is -0.391 e. The lowest BCUT2D eigenvalue weighted by molar-refractivity contribution is 0.0759. The maximum Gasteiger partial charge on any atom is 0.273 e. The number of hydrogen-bond donors (Lipinski definition) is 1. The number of likely N-dealkylation sites (tertiary alicyclic amines) is 1. The Hall–Kier alpha value is -2.16. The summed E-state index contributed by atoms with van der Waals surface area (Å²) in [5.41, 5.74) is 1.03. The Morgan fingerprint density at radius 3 is 2.44 bits per heavy atom. The first-order chi connectivity index (χ1) is 15.2. The molecule has 1 N–H and O–H groups in total. The Bertz CT molecular complexity index is 1180. The number of aliphatic hydroxyl groups excluding tert-OH is 1. The van der Waals surface area contributed by atoms with E-state index in [9.17, 15) is 14.7 Å². The number of anilines is 2. The van der Waals surface area contributed by atoms with E-state index in [1.54, 1.807) is 48.2 Å². The Labute approximate surface area is 204 Å². The molecule has 2 heterocycles. The first kappa shape index (κ1) is 23.0. The van der Waals surface area contributed by atoms with Crippen molar-refractivity contribution >= 4 is 68.8 Å². The van der Waals surface area contributed by atoms with Crippen LogP contribution in [0.2, 0.25) is 15.1 Å². The molecule has 0 radical (unpaired) electrons. The van der Waals surface area contributed by atoms with Crippen LogP contribution in [0, 0.1) is 6.92 Å². The number of nitrogens with zero attached hydrogens (tertiary/aromatic N) is 3. The Morgan fingerprint density at radius 1 is 1.12 bits per heavy atom. The third-order valence-electron chi connectivity index (χ3n) is 5.08. The SMILES string of the molecule is Cc1sc(N(C(=O)c2ccc(Cl)cc2Cl)c2ccc(Cl)cc2)nc1C(=O)N1CCC(O)C1. The van der Waals surface area contributed by atoms with Crippen molar-refractivity contribution in [2.24, 2.45) is 0 Å². The molecular formula is C22H18Cl3N3O3S. The van der Waals surface area contributed by atoms with Gasteiger partial charge in [-0.1, -0.05) is 34.8 Å². The number of thiazole rings is 1. The van der Waals surface area contributed by atoms with Crippen molar-refractivity contribution in [3.8, 4) is 0 Å². The molecule has 10 heteroatoms. The van der Waals surface area contributed by atoms with Crippen molar-refractivity contribution in [1.82, 2.24) is 9.88 Å². The molecule has 0 saturated carbocycles. The fourth-order valence-corrected chi connectivity index (χ4v) is 4.98. The normalized spacial score (nSPS) is 15.8. The van der Waals surface area contributed by atoms with Crippen molar-refractivity contribution < 1.29 is 14.7 Å². The van der Waals surface area contributed by atoms with Crippen LogP contribution in [0.1, 0.15) is 32.1 Å². The molecule has 2 amide bonds. The van der Waals surface area contributed by atoms with Gasteiger partial charge in [-0.3, -0.25) is 14.5 Å². The van der Waals surface area contributed by atoms with Gasteiger partial charge >= 0.3 is 0 Å². The topological polar surface area (TPSA) is 73.7 Å². The lowest BCUT2D eigenvalue weighted by atomic mass is 10.2. The van der Waals surface area contributed by atoms with E-state index in [4.69, 9.17) is 34.8 Å².